The number of hydrogen-bond donors (Lipinski definition) is 2. The Morgan fingerprint density at radius 1 is 1.15 bits per heavy atom. The highest BCUT2D eigenvalue weighted by Gasteiger charge is 2.45. The quantitative estimate of drug-likeness (QED) is 0.572. The molecular weight excluding hydrogens is 496 g/mol. The zero-order valence-electron chi connectivity index (χ0n) is 23.3. The molecule has 0 saturated heterocycles. The van der Waals surface area contributed by atoms with Gasteiger partial charge < -0.3 is 25.3 Å². The van der Waals surface area contributed by atoms with Crippen molar-refractivity contribution < 1.29 is 23.8 Å². The fourth-order valence-corrected chi connectivity index (χ4v) is 5.98. The molecule has 5 rings (SSSR count). The van der Waals surface area contributed by atoms with Crippen LogP contribution in [0.25, 0.3) is 0 Å². The molecule has 2 amide bonds. The number of hydrogen-bond acceptors (Lipinski definition) is 7. The fraction of sp³-hybridized carbons (Fsp3) is 0.500. The summed E-state index contributed by atoms with van der Waals surface area (Å²) in [6, 6.07) is 12.3. The first-order chi connectivity index (χ1) is 18.6. The number of fused-ring (bicyclic) bond motifs is 2. The zero-order valence-corrected chi connectivity index (χ0v) is 23.3. The van der Waals surface area contributed by atoms with Crippen molar-refractivity contribution in [2.24, 2.45) is 10.7 Å². The van der Waals surface area contributed by atoms with Crippen LogP contribution in [0.3, 0.4) is 0 Å². The lowest BCUT2D eigenvalue weighted by molar-refractivity contribution is -0.135. The van der Waals surface area contributed by atoms with Crippen LogP contribution in [-0.2, 0) is 9.53 Å². The van der Waals surface area contributed by atoms with Crippen LogP contribution in [0.15, 0.2) is 47.5 Å². The molecule has 39 heavy (non-hydrogen) atoms. The summed E-state index contributed by atoms with van der Waals surface area (Å²) in [5, 5.41) is 3.20. The smallest absolute Gasteiger partial charge is 0.251 e. The molecule has 3 aliphatic heterocycles. The minimum absolute atomic E-state index is 0.109. The van der Waals surface area contributed by atoms with Crippen LogP contribution in [0.5, 0.6) is 11.5 Å². The van der Waals surface area contributed by atoms with Gasteiger partial charge in [0.15, 0.2) is 5.96 Å². The van der Waals surface area contributed by atoms with Gasteiger partial charge in [-0.05, 0) is 51.0 Å². The normalized spacial score (nSPS) is 24.9. The number of benzene rings is 2. The van der Waals surface area contributed by atoms with E-state index in [-0.39, 0.29) is 36.8 Å². The number of nitrogens with zero attached hydrogens (tertiary/aromatic N) is 2. The first-order valence-electron chi connectivity index (χ1n) is 13.7. The number of carbonyl (C=O) groups is 2. The van der Waals surface area contributed by atoms with Gasteiger partial charge in [0.25, 0.3) is 5.91 Å². The van der Waals surface area contributed by atoms with Crippen molar-refractivity contribution in [1.29, 1.82) is 0 Å². The molecule has 2 aromatic carbocycles. The average Bonchev–Trinajstić information content (AvgIpc) is 2.91. The van der Waals surface area contributed by atoms with Crippen LogP contribution >= 0.6 is 0 Å². The Balaban J connectivity index is 1.48. The first kappa shape index (κ1) is 27.0. The number of amides is 2. The predicted molar refractivity (Wildman–Crippen MR) is 148 cm³/mol. The lowest BCUT2D eigenvalue weighted by Crippen LogP contribution is -2.56. The maximum absolute atomic E-state index is 13.6. The molecule has 2 aromatic rings. The van der Waals surface area contributed by atoms with Gasteiger partial charge in [-0.3, -0.25) is 14.5 Å². The largest absolute Gasteiger partial charge is 0.490 e. The van der Waals surface area contributed by atoms with E-state index in [1.165, 1.54) is 4.90 Å². The third-order valence-corrected chi connectivity index (χ3v) is 8.27. The van der Waals surface area contributed by atoms with Crippen LogP contribution in [-0.4, -0.2) is 53.6 Å². The molecular formula is C30H38N4O5. The highest BCUT2D eigenvalue weighted by Crippen LogP contribution is 2.42. The number of methoxy groups -OCH3 is 1. The summed E-state index contributed by atoms with van der Waals surface area (Å²) in [5.41, 5.74) is 7.61. The van der Waals surface area contributed by atoms with Crippen molar-refractivity contribution in [2.45, 2.75) is 82.7 Å². The third kappa shape index (κ3) is 4.95. The summed E-state index contributed by atoms with van der Waals surface area (Å²) in [7, 11) is 1.58. The van der Waals surface area contributed by atoms with Crippen molar-refractivity contribution >= 4 is 17.8 Å². The molecule has 0 saturated carbocycles. The highest BCUT2D eigenvalue weighted by atomic mass is 16.5. The minimum atomic E-state index is -0.572. The average molecular weight is 535 g/mol. The van der Waals surface area contributed by atoms with E-state index < -0.39 is 23.3 Å². The van der Waals surface area contributed by atoms with Gasteiger partial charge in [-0.2, -0.15) is 0 Å². The molecule has 3 aliphatic rings. The molecule has 208 valence electrons. The van der Waals surface area contributed by atoms with Gasteiger partial charge in [0.05, 0.1) is 24.0 Å². The van der Waals surface area contributed by atoms with Crippen LogP contribution in [0, 0.1) is 0 Å². The number of guanidine groups is 1. The van der Waals surface area contributed by atoms with Gasteiger partial charge in [-0.15, -0.1) is 0 Å². The Kier molecular flexibility index (Phi) is 7.05. The van der Waals surface area contributed by atoms with Crippen LogP contribution < -0.4 is 20.5 Å². The molecule has 0 aromatic heterocycles. The van der Waals surface area contributed by atoms with E-state index in [0.717, 1.165) is 24.2 Å². The monoisotopic (exact) mass is 534 g/mol. The van der Waals surface area contributed by atoms with Gasteiger partial charge in [0, 0.05) is 30.2 Å². The summed E-state index contributed by atoms with van der Waals surface area (Å²) in [6.07, 6.45) is 1.86. The lowest BCUT2D eigenvalue weighted by atomic mass is 9.86. The molecule has 0 unspecified atom stereocenters. The SMILES string of the molecule is CCC1(CC)CC(=O)N([C@H]2c3cc(C(=O)N[C@H]4CC(C)(C)Oc5ccccc54)ccc3OC[C@@H]2OC)C(N)=N1. The number of carbonyl (C=O) groups excluding carboxylic acids is 2. The molecule has 3 N–H and O–H groups in total. The van der Waals surface area contributed by atoms with Crippen molar-refractivity contribution in [2.75, 3.05) is 13.7 Å². The highest BCUT2D eigenvalue weighted by molar-refractivity contribution is 6.00. The van der Waals surface area contributed by atoms with Gasteiger partial charge in [0.2, 0.25) is 5.91 Å². The lowest BCUT2D eigenvalue weighted by Gasteiger charge is -2.44. The number of aliphatic imine (C=N–C) groups is 1. The number of nitrogens with two attached hydrogens (primary N) is 1. The predicted octanol–water partition coefficient (Wildman–Crippen LogP) is 4.27. The van der Waals surface area contributed by atoms with Gasteiger partial charge in [0.1, 0.15) is 29.8 Å². The molecule has 0 fully saturated rings. The van der Waals surface area contributed by atoms with Gasteiger partial charge in [-0.25, -0.2) is 4.99 Å². The Bertz CT molecular complexity index is 1300. The molecule has 3 heterocycles. The Labute approximate surface area is 229 Å². The van der Waals surface area contributed by atoms with Crippen LogP contribution in [0.4, 0.5) is 0 Å². The summed E-state index contributed by atoms with van der Waals surface area (Å²) in [6.45, 7) is 8.32. The van der Waals surface area contributed by atoms with Crippen molar-refractivity contribution in [3.8, 4) is 11.5 Å². The Morgan fingerprint density at radius 3 is 2.59 bits per heavy atom. The second-order valence-electron chi connectivity index (χ2n) is 11.3. The van der Waals surface area contributed by atoms with E-state index in [9.17, 15) is 9.59 Å². The minimum Gasteiger partial charge on any atom is -0.490 e. The summed E-state index contributed by atoms with van der Waals surface area (Å²) in [5.74, 6) is 1.20. The third-order valence-electron chi connectivity index (χ3n) is 8.27. The van der Waals surface area contributed by atoms with Crippen LogP contribution in [0.1, 0.15) is 86.9 Å². The van der Waals surface area contributed by atoms with E-state index >= 15 is 0 Å². The number of nitrogens with one attached hydrogen (secondary N) is 1. The molecule has 0 bridgehead atoms. The van der Waals surface area contributed by atoms with E-state index in [1.54, 1.807) is 25.3 Å². The summed E-state index contributed by atoms with van der Waals surface area (Å²) < 4.78 is 17.8. The summed E-state index contributed by atoms with van der Waals surface area (Å²) in [4.78, 5) is 33.4. The summed E-state index contributed by atoms with van der Waals surface area (Å²) >= 11 is 0. The van der Waals surface area contributed by atoms with Crippen molar-refractivity contribution in [1.82, 2.24) is 10.2 Å². The first-order valence-corrected chi connectivity index (χ1v) is 13.7. The number of para-hydroxylation sites is 1. The van der Waals surface area contributed by atoms with Crippen molar-refractivity contribution in [3.63, 3.8) is 0 Å². The van der Waals surface area contributed by atoms with Crippen LogP contribution in [0.2, 0.25) is 0 Å². The van der Waals surface area contributed by atoms with E-state index in [2.05, 4.69) is 5.32 Å². The molecule has 0 spiro atoms. The molecule has 3 atom stereocenters. The van der Waals surface area contributed by atoms with E-state index in [1.807, 2.05) is 52.0 Å². The van der Waals surface area contributed by atoms with Gasteiger partial charge in [-0.1, -0.05) is 32.0 Å². The van der Waals surface area contributed by atoms with Gasteiger partial charge >= 0.3 is 0 Å². The Morgan fingerprint density at radius 2 is 1.90 bits per heavy atom. The maximum atomic E-state index is 13.6. The zero-order chi connectivity index (χ0) is 27.9. The van der Waals surface area contributed by atoms with E-state index in [4.69, 9.17) is 24.9 Å². The number of rotatable bonds is 6. The molecule has 0 aliphatic carbocycles. The second kappa shape index (κ2) is 10.2. The molecule has 9 heteroatoms. The molecule has 9 nitrogen and oxygen atoms in total. The fourth-order valence-electron chi connectivity index (χ4n) is 5.98. The molecule has 0 radical (unpaired) electrons. The van der Waals surface area contributed by atoms with E-state index in [0.29, 0.717) is 23.3 Å². The topological polar surface area (TPSA) is 115 Å². The van der Waals surface area contributed by atoms with Crippen molar-refractivity contribution in [3.05, 3.63) is 59.2 Å². The second-order valence-corrected chi connectivity index (χ2v) is 11.3. The maximum Gasteiger partial charge on any atom is 0.251 e. The number of ether oxygens (including phenoxy) is 3. The standard InChI is InChI=1S/C30H38N4O5/c1-6-30(7-2)16-25(35)34(28(31)33-30)26-20-14-18(12-13-22(20)38-17-24(26)37-5)27(36)32-21-15-29(3,4)39-23-11-9-8-10-19(21)23/h8-14,21,24,26H,6-7,15-17H2,1-5H3,(H2,31,33)(H,32,36)/t21-,24-,26-/m0/s1. The Hall–Kier alpha value is -3.59.